The summed E-state index contributed by atoms with van der Waals surface area (Å²) < 4.78 is 0. The smallest absolute Gasteiger partial charge is 0.146 e. The van der Waals surface area contributed by atoms with Gasteiger partial charge < -0.3 is 4.79 Å². The van der Waals surface area contributed by atoms with E-state index in [0.717, 1.165) is 19.1 Å². The van der Waals surface area contributed by atoms with Gasteiger partial charge in [-0.3, -0.25) is 10.1 Å². The zero-order valence-electron chi connectivity index (χ0n) is 5.96. The zero-order valence-corrected chi connectivity index (χ0v) is 5.96. The highest BCUT2D eigenvalue weighted by molar-refractivity contribution is 5.82. The van der Waals surface area contributed by atoms with Crippen molar-refractivity contribution in [1.82, 2.24) is 5.32 Å². The Kier molecular flexibility index (Phi) is 2.17. The Morgan fingerprint density at radius 3 is 2.60 bits per heavy atom. The molecule has 10 heavy (non-hydrogen) atoms. The van der Waals surface area contributed by atoms with Crippen LogP contribution in [0.5, 0.6) is 0 Å². The van der Waals surface area contributed by atoms with E-state index in [0.29, 0.717) is 0 Å². The molecule has 0 saturated carbocycles. The van der Waals surface area contributed by atoms with Gasteiger partial charge in [-0.2, -0.15) is 0 Å². The van der Waals surface area contributed by atoms with Gasteiger partial charge in [0.15, 0.2) is 0 Å². The van der Waals surface area contributed by atoms with Crippen molar-refractivity contribution >= 4 is 12.1 Å². The van der Waals surface area contributed by atoms with Gasteiger partial charge in [0, 0.05) is 0 Å². The minimum atomic E-state index is -0.0890. The summed E-state index contributed by atoms with van der Waals surface area (Å²) in [5.74, 6) is 0.129. The van der Waals surface area contributed by atoms with Crippen LogP contribution in [0.4, 0.5) is 0 Å². The molecule has 1 N–H and O–H groups in total. The third-order valence-electron chi connectivity index (χ3n) is 1.84. The fourth-order valence-electron chi connectivity index (χ4n) is 1.20. The number of hydrogen-bond acceptors (Lipinski definition) is 3. The highest BCUT2D eigenvalue weighted by Crippen LogP contribution is 2.10. The van der Waals surface area contributed by atoms with Crippen molar-refractivity contribution in [2.45, 2.75) is 31.8 Å². The number of ketones is 1. The molecule has 0 spiro atoms. The second-order valence-corrected chi connectivity index (χ2v) is 2.65. The van der Waals surface area contributed by atoms with Crippen molar-refractivity contribution in [2.75, 3.05) is 0 Å². The van der Waals surface area contributed by atoms with Crippen LogP contribution in [0.3, 0.4) is 0 Å². The summed E-state index contributed by atoms with van der Waals surface area (Å²) in [5, 5.41) is 2.92. The van der Waals surface area contributed by atoms with Crippen molar-refractivity contribution in [3.63, 3.8) is 0 Å². The average Bonchev–Trinajstić information content (AvgIpc) is 2.34. The summed E-state index contributed by atoms with van der Waals surface area (Å²) in [6.07, 6.45) is 2.47. The van der Waals surface area contributed by atoms with E-state index in [-0.39, 0.29) is 17.9 Å². The molecule has 2 atom stereocenters. The fraction of sp³-hybridized carbons (Fsp3) is 0.714. The minimum Gasteiger partial charge on any atom is -0.302 e. The normalized spacial score (nSPS) is 32.1. The Hall–Kier alpha value is -0.700. The van der Waals surface area contributed by atoms with Gasteiger partial charge in [0.1, 0.15) is 12.1 Å². The van der Waals surface area contributed by atoms with Crippen LogP contribution < -0.4 is 5.32 Å². The van der Waals surface area contributed by atoms with Crippen LogP contribution in [-0.2, 0) is 9.59 Å². The van der Waals surface area contributed by atoms with Gasteiger partial charge in [0.25, 0.3) is 0 Å². The monoisotopic (exact) mass is 141 g/mol. The Labute approximate surface area is 59.8 Å². The van der Waals surface area contributed by atoms with Crippen LogP contribution in [0.2, 0.25) is 0 Å². The highest BCUT2D eigenvalue weighted by atomic mass is 16.1. The third-order valence-corrected chi connectivity index (χ3v) is 1.84. The number of carbonyl (C=O) groups excluding carboxylic acids is 2. The van der Waals surface area contributed by atoms with Gasteiger partial charge >= 0.3 is 0 Å². The first kappa shape index (κ1) is 7.41. The summed E-state index contributed by atoms with van der Waals surface area (Å²) in [7, 11) is 0. The molecule has 3 nitrogen and oxygen atoms in total. The maximum absolute atomic E-state index is 10.7. The molecule has 56 valence electrons. The number of carbonyl (C=O) groups is 2. The number of nitrogens with one attached hydrogen (secondary N) is 1. The molecule has 0 aromatic rings. The molecular formula is C7H11NO2. The summed E-state index contributed by atoms with van der Waals surface area (Å²) in [5.41, 5.74) is 0. The molecular weight excluding hydrogens is 130 g/mol. The van der Waals surface area contributed by atoms with E-state index in [2.05, 4.69) is 5.32 Å². The SMILES string of the molecule is CC(=O)C1CCC(C=O)N1. The standard InChI is InChI=1S/C7H11NO2/c1-5(10)7-3-2-6(4-9)8-7/h4,6-8H,2-3H2,1H3. The van der Waals surface area contributed by atoms with Crippen molar-refractivity contribution in [2.24, 2.45) is 0 Å². The lowest BCUT2D eigenvalue weighted by Crippen LogP contribution is -2.34. The van der Waals surface area contributed by atoms with Crippen molar-refractivity contribution in [1.29, 1.82) is 0 Å². The predicted octanol–water partition coefficient (Wildman–Crippen LogP) is -0.105. The highest BCUT2D eigenvalue weighted by Gasteiger charge is 2.25. The van der Waals surface area contributed by atoms with Crippen LogP contribution in [-0.4, -0.2) is 24.2 Å². The van der Waals surface area contributed by atoms with Crippen molar-refractivity contribution in [3.8, 4) is 0 Å². The molecule has 2 unspecified atom stereocenters. The molecule has 0 radical (unpaired) electrons. The molecule has 0 aromatic heterocycles. The maximum atomic E-state index is 10.7. The lowest BCUT2D eigenvalue weighted by atomic mass is 10.1. The number of rotatable bonds is 2. The summed E-state index contributed by atoms with van der Waals surface area (Å²) in [6.45, 7) is 1.55. The Balaban J connectivity index is 2.42. The quantitative estimate of drug-likeness (QED) is 0.546. The average molecular weight is 141 g/mol. The van der Waals surface area contributed by atoms with E-state index >= 15 is 0 Å². The molecule has 3 heteroatoms. The van der Waals surface area contributed by atoms with Crippen molar-refractivity contribution < 1.29 is 9.59 Å². The number of aldehydes is 1. The predicted molar refractivity (Wildman–Crippen MR) is 36.7 cm³/mol. The molecule has 1 fully saturated rings. The van der Waals surface area contributed by atoms with Crippen LogP contribution in [0.1, 0.15) is 19.8 Å². The zero-order chi connectivity index (χ0) is 7.56. The van der Waals surface area contributed by atoms with Gasteiger partial charge in [0.2, 0.25) is 0 Å². The van der Waals surface area contributed by atoms with Gasteiger partial charge in [-0.1, -0.05) is 0 Å². The lowest BCUT2D eigenvalue weighted by Gasteiger charge is -2.04. The molecule has 0 bridgehead atoms. The molecule has 1 aliphatic heterocycles. The molecule has 0 amide bonds. The first-order chi connectivity index (χ1) is 4.74. The molecule has 1 saturated heterocycles. The van der Waals surface area contributed by atoms with Crippen LogP contribution in [0.25, 0.3) is 0 Å². The maximum Gasteiger partial charge on any atom is 0.146 e. The van der Waals surface area contributed by atoms with E-state index in [1.165, 1.54) is 0 Å². The second kappa shape index (κ2) is 2.92. The summed E-state index contributed by atoms with van der Waals surface area (Å²) in [6, 6.07) is -0.163. The first-order valence-corrected chi connectivity index (χ1v) is 3.46. The number of Topliss-reactive ketones (excluding diaryl/α,β-unsaturated/α-hetero) is 1. The molecule has 0 aromatic carbocycles. The summed E-state index contributed by atoms with van der Waals surface area (Å²) in [4.78, 5) is 20.9. The van der Waals surface area contributed by atoms with Crippen LogP contribution in [0, 0.1) is 0 Å². The van der Waals surface area contributed by atoms with Gasteiger partial charge in [-0.05, 0) is 19.8 Å². The van der Waals surface area contributed by atoms with Crippen LogP contribution >= 0.6 is 0 Å². The molecule has 1 aliphatic rings. The van der Waals surface area contributed by atoms with Crippen LogP contribution in [0.15, 0.2) is 0 Å². The Morgan fingerprint density at radius 2 is 2.30 bits per heavy atom. The Bertz CT molecular complexity index is 156. The van der Waals surface area contributed by atoms with E-state index < -0.39 is 0 Å². The fourth-order valence-corrected chi connectivity index (χ4v) is 1.20. The largest absolute Gasteiger partial charge is 0.302 e. The third kappa shape index (κ3) is 1.42. The van der Waals surface area contributed by atoms with Gasteiger partial charge in [-0.25, -0.2) is 0 Å². The minimum absolute atomic E-state index is 0.0739. The lowest BCUT2D eigenvalue weighted by molar-refractivity contribution is -0.118. The summed E-state index contributed by atoms with van der Waals surface area (Å²) >= 11 is 0. The van der Waals surface area contributed by atoms with E-state index in [4.69, 9.17) is 0 Å². The first-order valence-electron chi connectivity index (χ1n) is 3.46. The Morgan fingerprint density at radius 1 is 1.60 bits per heavy atom. The van der Waals surface area contributed by atoms with Crippen molar-refractivity contribution in [3.05, 3.63) is 0 Å². The molecule has 1 rings (SSSR count). The number of hydrogen-bond donors (Lipinski definition) is 1. The van der Waals surface area contributed by atoms with E-state index in [9.17, 15) is 9.59 Å². The topological polar surface area (TPSA) is 46.2 Å². The molecule has 0 aliphatic carbocycles. The van der Waals surface area contributed by atoms with Gasteiger partial charge in [-0.15, -0.1) is 0 Å². The second-order valence-electron chi connectivity index (χ2n) is 2.65. The van der Waals surface area contributed by atoms with E-state index in [1.54, 1.807) is 6.92 Å². The van der Waals surface area contributed by atoms with E-state index in [1.807, 2.05) is 0 Å². The molecule has 1 heterocycles. The van der Waals surface area contributed by atoms with Gasteiger partial charge in [0.05, 0.1) is 12.1 Å².